The van der Waals surface area contributed by atoms with Gasteiger partial charge in [-0.1, -0.05) is 11.6 Å². The van der Waals surface area contributed by atoms with Crippen LogP contribution in [-0.2, 0) is 6.54 Å². The number of halogens is 1. The Morgan fingerprint density at radius 2 is 2.16 bits per heavy atom. The summed E-state index contributed by atoms with van der Waals surface area (Å²) in [4.78, 5) is 18.2. The van der Waals surface area contributed by atoms with Gasteiger partial charge in [0, 0.05) is 11.9 Å². The van der Waals surface area contributed by atoms with Gasteiger partial charge in [-0.2, -0.15) is 0 Å². The standard InChI is InChI=1S/C12H13ClN4OS/c1-17(6-7-2-5-10(13)19-7)12-8(14)3-4-9(16-12)11(15)18/h2-5H,6,14H2,1H3,(H2,15,18). The number of carbonyl (C=O) groups is 1. The highest BCUT2D eigenvalue weighted by molar-refractivity contribution is 7.16. The minimum absolute atomic E-state index is 0.195. The number of thiophene rings is 1. The second-order valence-electron chi connectivity index (χ2n) is 4.04. The van der Waals surface area contributed by atoms with Gasteiger partial charge in [-0.15, -0.1) is 11.3 Å². The van der Waals surface area contributed by atoms with Crippen LogP contribution in [0.15, 0.2) is 24.3 Å². The molecule has 0 radical (unpaired) electrons. The summed E-state index contributed by atoms with van der Waals surface area (Å²) >= 11 is 7.38. The summed E-state index contributed by atoms with van der Waals surface area (Å²) in [5.41, 5.74) is 11.8. The van der Waals surface area contributed by atoms with Crippen molar-refractivity contribution in [2.24, 2.45) is 5.73 Å². The van der Waals surface area contributed by atoms with Crippen molar-refractivity contribution < 1.29 is 4.79 Å². The van der Waals surface area contributed by atoms with Crippen LogP contribution in [0.3, 0.4) is 0 Å². The predicted molar refractivity (Wildman–Crippen MR) is 78.6 cm³/mol. The molecule has 0 aliphatic heterocycles. The molecule has 0 saturated heterocycles. The number of rotatable bonds is 4. The number of hydrogen-bond acceptors (Lipinski definition) is 5. The fraction of sp³-hybridized carbons (Fsp3) is 0.167. The van der Waals surface area contributed by atoms with E-state index < -0.39 is 5.91 Å². The molecule has 0 bridgehead atoms. The molecule has 0 aromatic carbocycles. The predicted octanol–water partition coefficient (Wildman–Crippen LogP) is 2.11. The molecule has 0 saturated carbocycles. The molecule has 1 amide bonds. The third-order valence-electron chi connectivity index (χ3n) is 2.54. The maximum atomic E-state index is 11.1. The van der Waals surface area contributed by atoms with Gasteiger partial charge in [0.05, 0.1) is 16.6 Å². The maximum Gasteiger partial charge on any atom is 0.267 e. The van der Waals surface area contributed by atoms with E-state index >= 15 is 0 Å². The lowest BCUT2D eigenvalue weighted by atomic mass is 10.3. The van der Waals surface area contributed by atoms with Gasteiger partial charge in [-0.25, -0.2) is 4.98 Å². The van der Waals surface area contributed by atoms with Gasteiger partial charge in [0.25, 0.3) is 5.91 Å². The van der Waals surface area contributed by atoms with E-state index in [1.165, 1.54) is 17.4 Å². The number of primary amides is 1. The lowest BCUT2D eigenvalue weighted by molar-refractivity contribution is 0.0995. The van der Waals surface area contributed by atoms with Crippen LogP contribution >= 0.6 is 22.9 Å². The highest BCUT2D eigenvalue weighted by Crippen LogP contribution is 2.26. The molecular weight excluding hydrogens is 284 g/mol. The summed E-state index contributed by atoms with van der Waals surface area (Å²) in [6.07, 6.45) is 0. The highest BCUT2D eigenvalue weighted by Gasteiger charge is 2.12. The summed E-state index contributed by atoms with van der Waals surface area (Å²) in [5, 5.41) is 0. The average Bonchev–Trinajstić information content (AvgIpc) is 2.74. The Morgan fingerprint density at radius 3 is 2.74 bits per heavy atom. The molecule has 2 rings (SSSR count). The molecule has 5 nitrogen and oxygen atoms in total. The average molecular weight is 297 g/mol. The molecule has 7 heteroatoms. The summed E-state index contributed by atoms with van der Waals surface area (Å²) in [7, 11) is 1.84. The van der Waals surface area contributed by atoms with Crippen molar-refractivity contribution in [3.05, 3.63) is 39.2 Å². The fourth-order valence-electron chi connectivity index (χ4n) is 1.65. The number of amides is 1. The lowest BCUT2D eigenvalue weighted by Gasteiger charge is -2.19. The van der Waals surface area contributed by atoms with Crippen molar-refractivity contribution in [2.45, 2.75) is 6.54 Å². The zero-order valence-corrected chi connectivity index (χ0v) is 11.8. The summed E-state index contributed by atoms with van der Waals surface area (Å²) in [5.74, 6) is -0.0466. The first-order valence-electron chi connectivity index (χ1n) is 5.49. The number of nitrogen functional groups attached to an aromatic ring is 1. The van der Waals surface area contributed by atoms with E-state index in [-0.39, 0.29) is 5.69 Å². The molecule has 4 N–H and O–H groups in total. The largest absolute Gasteiger partial charge is 0.396 e. The van der Waals surface area contributed by atoms with Crippen LogP contribution in [0.2, 0.25) is 4.34 Å². The van der Waals surface area contributed by atoms with E-state index in [1.54, 1.807) is 6.07 Å². The Balaban J connectivity index is 2.25. The second kappa shape index (κ2) is 5.46. The molecule has 2 aromatic heterocycles. The van der Waals surface area contributed by atoms with Gasteiger partial charge >= 0.3 is 0 Å². The molecule has 0 aliphatic carbocycles. The van der Waals surface area contributed by atoms with Crippen LogP contribution in [0.1, 0.15) is 15.4 Å². The van der Waals surface area contributed by atoms with E-state index in [9.17, 15) is 4.79 Å². The zero-order chi connectivity index (χ0) is 14.0. The zero-order valence-electron chi connectivity index (χ0n) is 10.3. The maximum absolute atomic E-state index is 11.1. The SMILES string of the molecule is CN(Cc1ccc(Cl)s1)c1nc(C(N)=O)ccc1N. The van der Waals surface area contributed by atoms with Gasteiger partial charge in [0.1, 0.15) is 5.69 Å². The van der Waals surface area contributed by atoms with Gasteiger partial charge in [-0.05, 0) is 24.3 Å². The number of anilines is 2. The minimum atomic E-state index is -0.575. The summed E-state index contributed by atoms with van der Waals surface area (Å²) in [6, 6.07) is 6.92. The smallest absolute Gasteiger partial charge is 0.267 e. The summed E-state index contributed by atoms with van der Waals surface area (Å²) in [6.45, 7) is 0.608. The number of nitrogens with two attached hydrogens (primary N) is 2. The van der Waals surface area contributed by atoms with Crippen LogP contribution in [0, 0.1) is 0 Å². The van der Waals surface area contributed by atoms with Gasteiger partial charge in [-0.3, -0.25) is 4.79 Å². The third kappa shape index (κ3) is 3.15. The first kappa shape index (κ1) is 13.6. The summed E-state index contributed by atoms with van der Waals surface area (Å²) < 4.78 is 0.732. The molecule has 100 valence electrons. The Morgan fingerprint density at radius 1 is 1.42 bits per heavy atom. The van der Waals surface area contributed by atoms with Crippen LogP contribution in [0.25, 0.3) is 0 Å². The molecular formula is C12H13ClN4OS. The van der Waals surface area contributed by atoms with Crippen molar-refractivity contribution in [3.63, 3.8) is 0 Å². The minimum Gasteiger partial charge on any atom is -0.396 e. The van der Waals surface area contributed by atoms with Gasteiger partial charge in [0.2, 0.25) is 0 Å². The quantitative estimate of drug-likeness (QED) is 0.905. The fourth-order valence-corrected chi connectivity index (χ4v) is 2.79. The third-order valence-corrected chi connectivity index (χ3v) is 3.76. The first-order valence-corrected chi connectivity index (χ1v) is 6.68. The van der Waals surface area contributed by atoms with E-state index in [0.29, 0.717) is 18.1 Å². The van der Waals surface area contributed by atoms with Crippen molar-refractivity contribution >= 4 is 40.4 Å². The van der Waals surface area contributed by atoms with Crippen molar-refractivity contribution in [1.82, 2.24) is 4.98 Å². The molecule has 0 spiro atoms. The van der Waals surface area contributed by atoms with E-state index in [4.69, 9.17) is 23.1 Å². The first-order chi connectivity index (χ1) is 8.97. The Bertz CT molecular complexity index is 614. The lowest BCUT2D eigenvalue weighted by Crippen LogP contribution is -2.21. The molecule has 0 atom stereocenters. The molecule has 0 fully saturated rings. The van der Waals surface area contributed by atoms with E-state index in [0.717, 1.165) is 9.21 Å². The van der Waals surface area contributed by atoms with Crippen molar-refractivity contribution in [3.8, 4) is 0 Å². The van der Waals surface area contributed by atoms with Crippen molar-refractivity contribution in [2.75, 3.05) is 17.7 Å². The van der Waals surface area contributed by atoms with Gasteiger partial charge in [0.15, 0.2) is 5.82 Å². The van der Waals surface area contributed by atoms with Crippen LogP contribution < -0.4 is 16.4 Å². The molecule has 19 heavy (non-hydrogen) atoms. The molecule has 2 heterocycles. The van der Waals surface area contributed by atoms with E-state index in [2.05, 4.69) is 4.98 Å². The number of pyridine rings is 1. The Hall–Kier alpha value is -1.79. The Kier molecular flexibility index (Phi) is 3.92. The van der Waals surface area contributed by atoms with E-state index in [1.807, 2.05) is 24.1 Å². The second-order valence-corrected chi connectivity index (χ2v) is 5.84. The number of hydrogen-bond donors (Lipinski definition) is 2. The van der Waals surface area contributed by atoms with Crippen LogP contribution in [0.4, 0.5) is 11.5 Å². The monoisotopic (exact) mass is 296 g/mol. The topological polar surface area (TPSA) is 85.2 Å². The van der Waals surface area contributed by atoms with Crippen molar-refractivity contribution in [1.29, 1.82) is 0 Å². The Labute approximate surface area is 119 Å². The number of nitrogens with zero attached hydrogens (tertiary/aromatic N) is 2. The number of aromatic nitrogens is 1. The molecule has 2 aromatic rings. The number of carbonyl (C=O) groups excluding carboxylic acids is 1. The van der Waals surface area contributed by atoms with Crippen LogP contribution in [-0.4, -0.2) is 17.9 Å². The normalized spacial score (nSPS) is 10.4. The van der Waals surface area contributed by atoms with Gasteiger partial charge < -0.3 is 16.4 Å². The highest BCUT2D eigenvalue weighted by atomic mass is 35.5. The molecule has 0 aliphatic rings. The van der Waals surface area contributed by atoms with Crippen LogP contribution in [0.5, 0.6) is 0 Å². The molecule has 0 unspecified atom stereocenters.